The van der Waals surface area contributed by atoms with Crippen molar-refractivity contribution in [2.75, 3.05) is 11.9 Å². The number of thiophene rings is 1. The highest BCUT2D eigenvalue weighted by Gasteiger charge is 2.34. The summed E-state index contributed by atoms with van der Waals surface area (Å²) in [4.78, 5) is 14.3. The van der Waals surface area contributed by atoms with Gasteiger partial charge in [0.05, 0.1) is 8.45 Å². The first kappa shape index (κ1) is 12.8. The van der Waals surface area contributed by atoms with Crippen molar-refractivity contribution in [3.8, 4) is 0 Å². The van der Waals surface area contributed by atoms with Gasteiger partial charge in [0.15, 0.2) is 0 Å². The summed E-state index contributed by atoms with van der Waals surface area (Å²) in [6, 6.07) is 2.33. The molecule has 0 saturated carbocycles. The lowest BCUT2D eigenvalue weighted by molar-refractivity contribution is 0.0739. The summed E-state index contributed by atoms with van der Waals surface area (Å²) < 4.78 is 1.17. The molecule has 0 aliphatic carbocycles. The number of hydrogen-bond donors (Lipinski definition) is 0. The second-order valence-corrected chi connectivity index (χ2v) is 7.58. The topological polar surface area (TPSA) is 20.3 Å². The largest absolute Gasteiger partial charge is 0.335 e. The van der Waals surface area contributed by atoms with Gasteiger partial charge in [0.1, 0.15) is 0 Å². The Labute approximate surface area is 122 Å². The number of carbonyl (C=O) groups excluding carboxylic acids is 1. The molecule has 88 valence electrons. The van der Waals surface area contributed by atoms with Crippen LogP contribution in [0.2, 0.25) is 0 Å². The summed E-state index contributed by atoms with van der Waals surface area (Å²) in [6.45, 7) is 3.11. The van der Waals surface area contributed by atoms with Gasteiger partial charge in [0.25, 0.3) is 5.91 Å². The van der Waals surface area contributed by atoms with Gasteiger partial charge in [0.2, 0.25) is 0 Å². The van der Waals surface area contributed by atoms with Crippen molar-refractivity contribution in [2.45, 2.75) is 19.4 Å². The monoisotopic (exact) mass is 413 g/mol. The lowest BCUT2D eigenvalue weighted by Crippen LogP contribution is -2.38. The molecular weight excluding hydrogens is 401 g/mol. The molecule has 1 fully saturated rings. The van der Waals surface area contributed by atoms with Crippen molar-refractivity contribution in [1.29, 1.82) is 0 Å². The predicted octanol–water partition coefficient (Wildman–Crippen LogP) is 3.60. The van der Waals surface area contributed by atoms with E-state index in [4.69, 9.17) is 0 Å². The van der Waals surface area contributed by atoms with Gasteiger partial charge in [-0.25, -0.2) is 0 Å². The van der Waals surface area contributed by atoms with Gasteiger partial charge in [-0.05, 0) is 41.0 Å². The maximum atomic E-state index is 12.3. The number of alkyl halides is 1. The molecule has 2 heterocycles. The maximum absolute atomic E-state index is 12.3. The number of rotatable bonds is 2. The Hall–Kier alpha value is 0.380. The highest BCUT2D eigenvalue weighted by Crippen LogP contribution is 2.28. The highest BCUT2D eigenvalue weighted by atomic mass is 127. The third-order valence-electron chi connectivity index (χ3n) is 3.12. The third kappa shape index (κ3) is 2.46. The first-order valence-electron chi connectivity index (χ1n) is 5.24. The van der Waals surface area contributed by atoms with E-state index in [1.165, 1.54) is 2.88 Å². The van der Waals surface area contributed by atoms with Crippen molar-refractivity contribution in [2.24, 2.45) is 5.92 Å². The summed E-state index contributed by atoms with van der Waals surface area (Å²) in [6.07, 6.45) is 1.11. The van der Waals surface area contributed by atoms with Crippen LogP contribution in [0.5, 0.6) is 0 Å². The van der Waals surface area contributed by atoms with Crippen LogP contribution < -0.4 is 0 Å². The molecule has 0 bridgehead atoms. The number of halogens is 2. The van der Waals surface area contributed by atoms with Gasteiger partial charge in [-0.1, -0.05) is 22.9 Å². The average Bonchev–Trinajstić information content (AvgIpc) is 2.83. The molecular formula is C11H13BrINOS. The molecule has 2 unspecified atom stereocenters. The zero-order valence-corrected chi connectivity index (χ0v) is 13.5. The number of likely N-dealkylation sites (tertiary alicyclic amines) is 1. The van der Waals surface area contributed by atoms with Crippen LogP contribution in [0.1, 0.15) is 23.7 Å². The molecule has 1 aliphatic heterocycles. The van der Waals surface area contributed by atoms with Gasteiger partial charge in [-0.2, -0.15) is 0 Å². The van der Waals surface area contributed by atoms with E-state index >= 15 is 0 Å². The van der Waals surface area contributed by atoms with Crippen LogP contribution in [0.4, 0.5) is 0 Å². The zero-order valence-electron chi connectivity index (χ0n) is 8.95. The van der Waals surface area contributed by atoms with Crippen LogP contribution in [0.15, 0.2) is 11.4 Å². The molecule has 2 atom stereocenters. The fourth-order valence-electron chi connectivity index (χ4n) is 2.08. The SMILES string of the molecule is CC1CCN(C(=O)c2csc(I)c2)C1CBr. The number of amides is 1. The summed E-state index contributed by atoms with van der Waals surface area (Å²) in [7, 11) is 0. The summed E-state index contributed by atoms with van der Waals surface area (Å²) in [5.74, 6) is 0.786. The van der Waals surface area contributed by atoms with Crippen molar-refractivity contribution in [1.82, 2.24) is 4.90 Å². The fourth-order valence-corrected chi connectivity index (χ4v) is 4.39. The maximum Gasteiger partial charge on any atom is 0.255 e. The second kappa shape index (κ2) is 5.35. The Morgan fingerprint density at radius 1 is 1.75 bits per heavy atom. The van der Waals surface area contributed by atoms with E-state index in [-0.39, 0.29) is 5.91 Å². The Kier molecular flexibility index (Phi) is 4.29. The van der Waals surface area contributed by atoms with Crippen LogP contribution in [0.3, 0.4) is 0 Å². The van der Waals surface area contributed by atoms with Crippen molar-refractivity contribution in [3.05, 3.63) is 19.9 Å². The van der Waals surface area contributed by atoms with Crippen LogP contribution >= 0.6 is 49.9 Å². The minimum atomic E-state index is 0.188. The van der Waals surface area contributed by atoms with Crippen molar-refractivity contribution in [3.63, 3.8) is 0 Å². The van der Waals surface area contributed by atoms with E-state index in [1.54, 1.807) is 11.3 Å². The quantitative estimate of drug-likeness (QED) is 0.535. The number of carbonyl (C=O) groups is 1. The zero-order chi connectivity index (χ0) is 11.7. The summed E-state index contributed by atoms with van der Waals surface area (Å²) in [5, 5.41) is 2.83. The van der Waals surface area contributed by atoms with Gasteiger partial charge in [0, 0.05) is 23.3 Å². The van der Waals surface area contributed by atoms with E-state index in [0.717, 1.165) is 23.9 Å². The Bertz CT molecular complexity index is 395. The minimum absolute atomic E-state index is 0.188. The molecule has 1 aromatic heterocycles. The van der Waals surface area contributed by atoms with Crippen LogP contribution in [-0.4, -0.2) is 28.7 Å². The molecule has 2 nitrogen and oxygen atoms in total. The minimum Gasteiger partial charge on any atom is -0.335 e. The van der Waals surface area contributed by atoms with Gasteiger partial charge >= 0.3 is 0 Å². The molecule has 1 aromatic rings. The first-order valence-corrected chi connectivity index (χ1v) is 8.32. The van der Waals surface area contributed by atoms with Gasteiger partial charge < -0.3 is 4.90 Å². The Morgan fingerprint density at radius 2 is 2.50 bits per heavy atom. The van der Waals surface area contributed by atoms with E-state index in [1.807, 2.05) is 16.3 Å². The molecule has 0 spiro atoms. The highest BCUT2D eigenvalue weighted by molar-refractivity contribution is 14.1. The van der Waals surface area contributed by atoms with Crippen molar-refractivity contribution >= 4 is 55.8 Å². The van der Waals surface area contributed by atoms with Gasteiger partial charge in [-0.15, -0.1) is 11.3 Å². The number of hydrogen-bond acceptors (Lipinski definition) is 2. The Balaban J connectivity index is 2.16. The van der Waals surface area contributed by atoms with Crippen molar-refractivity contribution < 1.29 is 4.79 Å². The molecule has 2 rings (SSSR count). The molecule has 1 saturated heterocycles. The molecule has 5 heteroatoms. The van der Waals surface area contributed by atoms with Crippen LogP contribution in [-0.2, 0) is 0 Å². The molecule has 0 radical (unpaired) electrons. The third-order valence-corrected chi connectivity index (χ3v) is 5.57. The molecule has 0 aromatic carbocycles. The second-order valence-electron chi connectivity index (χ2n) is 4.13. The summed E-state index contributed by atoms with van der Waals surface area (Å²) >= 11 is 7.39. The Morgan fingerprint density at radius 3 is 3.06 bits per heavy atom. The number of nitrogens with zero attached hydrogens (tertiary/aromatic N) is 1. The average molecular weight is 414 g/mol. The molecule has 1 aliphatic rings. The van der Waals surface area contributed by atoms with Crippen LogP contribution in [0, 0.1) is 8.80 Å². The van der Waals surface area contributed by atoms with E-state index in [2.05, 4.69) is 45.4 Å². The normalized spacial score (nSPS) is 25.1. The van der Waals surface area contributed by atoms with E-state index in [9.17, 15) is 4.79 Å². The lowest BCUT2D eigenvalue weighted by Gasteiger charge is -2.24. The fraction of sp³-hybridized carbons (Fsp3) is 0.545. The smallest absolute Gasteiger partial charge is 0.255 e. The first-order chi connectivity index (χ1) is 7.63. The lowest BCUT2D eigenvalue weighted by atomic mass is 10.1. The molecule has 1 amide bonds. The summed E-state index contributed by atoms with van der Waals surface area (Å²) in [5.41, 5.74) is 0.842. The predicted molar refractivity (Wildman–Crippen MR) is 79.4 cm³/mol. The standard InChI is InChI=1S/C11H13BrINOS/c1-7-2-3-14(9(7)5-12)11(15)8-4-10(13)16-6-8/h4,6-7,9H,2-3,5H2,1H3. The molecule has 0 N–H and O–H groups in total. The van der Waals surface area contributed by atoms with Crippen LogP contribution in [0.25, 0.3) is 0 Å². The van der Waals surface area contributed by atoms with E-state index in [0.29, 0.717) is 12.0 Å². The molecule has 16 heavy (non-hydrogen) atoms. The van der Waals surface area contributed by atoms with E-state index < -0.39 is 0 Å². The van der Waals surface area contributed by atoms with Gasteiger partial charge in [-0.3, -0.25) is 4.79 Å².